The Morgan fingerprint density at radius 2 is 2.33 bits per heavy atom. The summed E-state index contributed by atoms with van der Waals surface area (Å²) >= 11 is 8.09. The Kier molecular flexibility index (Phi) is 4.90. The predicted molar refractivity (Wildman–Crippen MR) is 71.4 cm³/mol. The van der Waals surface area contributed by atoms with Crippen LogP contribution in [0.4, 0.5) is 10.5 Å². The first kappa shape index (κ1) is 12.3. The lowest BCUT2D eigenvalue weighted by molar-refractivity contribution is 0.253. The van der Waals surface area contributed by atoms with Gasteiger partial charge in [0.1, 0.15) is 0 Å². The van der Waals surface area contributed by atoms with Crippen molar-refractivity contribution in [1.29, 1.82) is 0 Å². The van der Waals surface area contributed by atoms with Gasteiger partial charge in [-0.1, -0.05) is 17.7 Å². The van der Waals surface area contributed by atoms with Gasteiger partial charge in [0.15, 0.2) is 0 Å². The Labute approximate surface area is 107 Å². The summed E-state index contributed by atoms with van der Waals surface area (Å²) in [6.45, 7) is 3.92. The van der Waals surface area contributed by atoms with Crippen LogP contribution in [-0.4, -0.2) is 12.6 Å². The number of carbonyl (C=O) groups is 1. The summed E-state index contributed by atoms with van der Waals surface area (Å²) in [5.41, 5.74) is 0.596. The zero-order valence-corrected chi connectivity index (χ0v) is 10.8. The van der Waals surface area contributed by atoms with E-state index >= 15 is 0 Å². The van der Waals surface area contributed by atoms with Gasteiger partial charge in [-0.3, -0.25) is 0 Å². The van der Waals surface area contributed by atoms with Crippen LogP contribution in [0.15, 0.2) is 30.9 Å². The van der Waals surface area contributed by atoms with Gasteiger partial charge in [0, 0.05) is 10.1 Å². The third-order valence-electron chi connectivity index (χ3n) is 1.59. The summed E-state index contributed by atoms with van der Waals surface area (Å²) in [6.07, 6.45) is 1.61. The molecule has 0 atom stereocenters. The summed E-state index contributed by atoms with van der Waals surface area (Å²) in [4.78, 5) is 11.3. The minimum atomic E-state index is -0.294. The van der Waals surface area contributed by atoms with Crippen LogP contribution in [-0.2, 0) is 0 Å². The molecule has 0 bridgehead atoms. The molecule has 0 radical (unpaired) electrons. The van der Waals surface area contributed by atoms with Crippen molar-refractivity contribution < 1.29 is 4.79 Å². The Morgan fingerprint density at radius 1 is 1.60 bits per heavy atom. The van der Waals surface area contributed by atoms with Gasteiger partial charge in [0.25, 0.3) is 0 Å². The topological polar surface area (TPSA) is 41.1 Å². The fourth-order valence-electron chi connectivity index (χ4n) is 0.922. The van der Waals surface area contributed by atoms with E-state index in [0.29, 0.717) is 17.3 Å². The average Bonchev–Trinajstić information content (AvgIpc) is 2.19. The molecule has 1 rings (SSSR count). The molecule has 0 unspecified atom stereocenters. The van der Waals surface area contributed by atoms with E-state index < -0.39 is 0 Å². The van der Waals surface area contributed by atoms with Crippen LogP contribution in [0, 0.1) is 3.57 Å². The van der Waals surface area contributed by atoms with Crippen LogP contribution in [0.2, 0.25) is 5.02 Å². The second-order valence-corrected chi connectivity index (χ2v) is 4.40. The van der Waals surface area contributed by atoms with E-state index in [2.05, 4.69) is 39.8 Å². The standard InChI is InChI=1S/C10H10ClIN2O/c1-2-5-13-10(15)14-9-4-3-7(12)6-8(9)11/h2-4,6H,1,5H2,(H2,13,14,15). The van der Waals surface area contributed by atoms with Crippen LogP contribution in [0.3, 0.4) is 0 Å². The van der Waals surface area contributed by atoms with Gasteiger partial charge >= 0.3 is 6.03 Å². The number of carbonyl (C=O) groups excluding carboxylic acids is 1. The Balaban J connectivity index is 2.64. The molecule has 0 aliphatic carbocycles. The second kappa shape index (κ2) is 5.97. The van der Waals surface area contributed by atoms with Crippen LogP contribution in [0.5, 0.6) is 0 Å². The Morgan fingerprint density at radius 3 is 2.93 bits per heavy atom. The van der Waals surface area contributed by atoms with Crippen LogP contribution in [0.25, 0.3) is 0 Å². The van der Waals surface area contributed by atoms with Crippen molar-refractivity contribution in [2.24, 2.45) is 0 Å². The SMILES string of the molecule is C=CCNC(=O)Nc1ccc(I)cc1Cl. The van der Waals surface area contributed by atoms with Crippen LogP contribution < -0.4 is 10.6 Å². The zero-order chi connectivity index (χ0) is 11.3. The summed E-state index contributed by atoms with van der Waals surface area (Å²) in [5, 5.41) is 5.76. The van der Waals surface area contributed by atoms with Crippen molar-refractivity contribution in [3.8, 4) is 0 Å². The van der Waals surface area contributed by atoms with Crippen molar-refractivity contribution in [3.63, 3.8) is 0 Å². The molecule has 1 aromatic rings. The average molecular weight is 337 g/mol. The largest absolute Gasteiger partial charge is 0.334 e. The minimum Gasteiger partial charge on any atom is -0.334 e. The number of amides is 2. The summed E-state index contributed by atoms with van der Waals surface area (Å²) in [6, 6.07) is 5.12. The molecule has 0 spiro atoms. The molecule has 0 aromatic heterocycles. The van der Waals surface area contributed by atoms with E-state index in [1.54, 1.807) is 18.2 Å². The van der Waals surface area contributed by atoms with E-state index in [0.717, 1.165) is 3.57 Å². The molecule has 3 nitrogen and oxygen atoms in total. The van der Waals surface area contributed by atoms with E-state index in [4.69, 9.17) is 11.6 Å². The number of hydrogen-bond donors (Lipinski definition) is 2. The van der Waals surface area contributed by atoms with E-state index in [-0.39, 0.29) is 6.03 Å². The molecule has 1 aromatic carbocycles. The number of anilines is 1. The van der Waals surface area contributed by atoms with Gasteiger partial charge < -0.3 is 10.6 Å². The number of rotatable bonds is 3. The molecule has 5 heteroatoms. The molecular formula is C10H10ClIN2O. The molecule has 2 amide bonds. The van der Waals surface area contributed by atoms with Gasteiger partial charge in [-0.05, 0) is 40.8 Å². The highest BCUT2D eigenvalue weighted by Crippen LogP contribution is 2.23. The zero-order valence-electron chi connectivity index (χ0n) is 7.89. The number of benzene rings is 1. The molecule has 0 aliphatic rings. The maximum Gasteiger partial charge on any atom is 0.319 e. The van der Waals surface area contributed by atoms with Gasteiger partial charge in [0.05, 0.1) is 10.7 Å². The fourth-order valence-corrected chi connectivity index (χ4v) is 1.83. The van der Waals surface area contributed by atoms with Gasteiger partial charge in [0.2, 0.25) is 0 Å². The molecule has 80 valence electrons. The number of hydrogen-bond acceptors (Lipinski definition) is 1. The monoisotopic (exact) mass is 336 g/mol. The number of nitrogens with one attached hydrogen (secondary N) is 2. The van der Waals surface area contributed by atoms with Gasteiger partial charge in [-0.2, -0.15) is 0 Å². The predicted octanol–water partition coefficient (Wildman–Crippen LogP) is 3.25. The van der Waals surface area contributed by atoms with Crippen LogP contribution >= 0.6 is 34.2 Å². The third kappa shape index (κ3) is 4.09. The van der Waals surface area contributed by atoms with Crippen LogP contribution in [0.1, 0.15) is 0 Å². The normalized spacial score (nSPS) is 9.47. The quantitative estimate of drug-likeness (QED) is 0.646. The maximum atomic E-state index is 11.3. The number of urea groups is 1. The summed E-state index contributed by atoms with van der Waals surface area (Å²) in [7, 11) is 0. The lowest BCUT2D eigenvalue weighted by atomic mass is 10.3. The van der Waals surface area contributed by atoms with E-state index in [1.807, 2.05) is 6.07 Å². The molecule has 2 N–H and O–H groups in total. The van der Waals surface area contributed by atoms with Crippen molar-refractivity contribution in [2.75, 3.05) is 11.9 Å². The maximum absolute atomic E-state index is 11.3. The molecule has 0 saturated carbocycles. The Bertz CT molecular complexity index is 382. The smallest absolute Gasteiger partial charge is 0.319 e. The molecular weight excluding hydrogens is 326 g/mol. The van der Waals surface area contributed by atoms with Gasteiger partial charge in [-0.15, -0.1) is 6.58 Å². The van der Waals surface area contributed by atoms with Gasteiger partial charge in [-0.25, -0.2) is 4.79 Å². The lowest BCUT2D eigenvalue weighted by Gasteiger charge is -2.07. The summed E-state index contributed by atoms with van der Waals surface area (Å²) in [5.74, 6) is 0. The first-order valence-corrected chi connectivity index (χ1v) is 5.70. The minimum absolute atomic E-state index is 0.294. The van der Waals surface area contributed by atoms with Crippen molar-refractivity contribution in [1.82, 2.24) is 5.32 Å². The first-order valence-electron chi connectivity index (χ1n) is 4.24. The summed E-state index contributed by atoms with van der Waals surface area (Å²) < 4.78 is 1.02. The lowest BCUT2D eigenvalue weighted by Crippen LogP contribution is -2.28. The first-order chi connectivity index (χ1) is 7.13. The Hall–Kier alpha value is -0.750. The van der Waals surface area contributed by atoms with Crippen molar-refractivity contribution >= 4 is 45.9 Å². The van der Waals surface area contributed by atoms with E-state index in [9.17, 15) is 4.79 Å². The molecule has 0 saturated heterocycles. The molecule has 0 fully saturated rings. The fraction of sp³-hybridized carbons (Fsp3) is 0.100. The highest BCUT2D eigenvalue weighted by atomic mass is 127. The number of halogens is 2. The molecule has 0 heterocycles. The second-order valence-electron chi connectivity index (χ2n) is 2.75. The van der Waals surface area contributed by atoms with Crippen molar-refractivity contribution in [2.45, 2.75) is 0 Å². The molecule has 0 aliphatic heterocycles. The highest BCUT2D eigenvalue weighted by molar-refractivity contribution is 14.1. The van der Waals surface area contributed by atoms with Crippen molar-refractivity contribution in [3.05, 3.63) is 39.4 Å². The van der Waals surface area contributed by atoms with E-state index in [1.165, 1.54) is 0 Å². The third-order valence-corrected chi connectivity index (χ3v) is 2.57. The highest BCUT2D eigenvalue weighted by Gasteiger charge is 2.04. The molecule has 15 heavy (non-hydrogen) atoms.